The fourth-order valence-corrected chi connectivity index (χ4v) is 2.13. The first-order valence-electron chi connectivity index (χ1n) is 5.91. The zero-order valence-corrected chi connectivity index (χ0v) is 11.3. The predicted octanol–water partition coefficient (Wildman–Crippen LogP) is 4.75. The van der Waals surface area contributed by atoms with E-state index in [0.29, 0.717) is 16.1 Å². The zero-order valence-electron chi connectivity index (χ0n) is 10.6. The first-order chi connectivity index (χ1) is 9.30. The number of halogens is 4. The molecule has 1 unspecified atom stereocenters. The third-order valence-corrected chi connectivity index (χ3v) is 3.48. The van der Waals surface area contributed by atoms with Crippen LogP contribution in [-0.2, 0) is 6.18 Å². The van der Waals surface area contributed by atoms with Crippen molar-refractivity contribution in [3.63, 3.8) is 0 Å². The second-order valence-electron chi connectivity index (χ2n) is 4.50. The van der Waals surface area contributed by atoms with Crippen molar-refractivity contribution in [2.24, 2.45) is 0 Å². The molecule has 0 amide bonds. The lowest BCUT2D eigenvalue weighted by Gasteiger charge is -2.18. The van der Waals surface area contributed by atoms with E-state index < -0.39 is 17.8 Å². The maximum atomic E-state index is 12.9. The largest absolute Gasteiger partial charge is 0.416 e. The van der Waals surface area contributed by atoms with E-state index in [0.717, 1.165) is 6.07 Å². The van der Waals surface area contributed by atoms with Crippen LogP contribution in [0.3, 0.4) is 0 Å². The first-order valence-corrected chi connectivity index (χ1v) is 6.28. The van der Waals surface area contributed by atoms with Crippen LogP contribution in [0.25, 0.3) is 0 Å². The molecule has 0 bridgehead atoms. The number of alkyl halides is 3. The van der Waals surface area contributed by atoms with Gasteiger partial charge in [0.05, 0.1) is 5.56 Å². The minimum Gasteiger partial charge on any atom is -0.384 e. The highest BCUT2D eigenvalue weighted by molar-refractivity contribution is 6.31. The summed E-state index contributed by atoms with van der Waals surface area (Å²) in [5.74, 6) is 0. The van der Waals surface area contributed by atoms with E-state index in [-0.39, 0.29) is 5.56 Å². The lowest BCUT2D eigenvalue weighted by atomic mass is 9.95. The van der Waals surface area contributed by atoms with E-state index in [2.05, 4.69) is 0 Å². The van der Waals surface area contributed by atoms with E-state index in [9.17, 15) is 18.3 Å². The Morgan fingerprint density at radius 3 is 2.35 bits per heavy atom. The van der Waals surface area contributed by atoms with Gasteiger partial charge in [0.1, 0.15) is 6.10 Å². The molecule has 0 fully saturated rings. The van der Waals surface area contributed by atoms with Gasteiger partial charge in [-0.2, -0.15) is 13.2 Å². The highest BCUT2D eigenvalue weighted by atomic mass is 35.5. The van der Waals surface area contributed by atoms with Crippen LogP contribution in [0.1, 0.15) is 28.4 Å². The van der Waals surface area contributed by atoms with Crippen LogP contribution in [0.5, 0.6) is 0 Å². The average molecular weight is 301 g/mol. The Balaban J connectivity index is 2.48. The van der Waals surface area contributed by atoms with E-state index in [1.807, 2.05) is 0 Å². The third-order valence-electron chi connectivity index (χ3n) is 3.06. The summed E-state index contributed by atoms with van der Waals surface area (Å²) < 4.78 is 38.8. The van der Waals surface area contributed by atoms with E-state index in [4.69, 9.17) is 11.6 Å². The van der Waals surface area contributed by atoms with Gasteiger partial charge in [-0.1, -0.05) is 41.9 Å². The predicted molar refractivity (Wildman–Crippen MR) is 71.7 cm³/mol. The minimum absolute atomic E-state index is 0.165. The molecule has 1 N–H and O–H groups in total. The van der Waals surface area contributed by atoms with Crippen LogP contribution in [-0.4, -0.2) is 5.11 Å². The molecule has 0 aliphatic heterocycles. The molecular formula is C15H12ClF3O. The molecule has 106 valence electrons. The summed E-state index contributed by atoms with van der Waals surface area (Å²) in [6, 6.07) is 9.67. The second kappa shape index (κ2) is 5.46. The number of rotatable bonds is 2. The molecule has 2 aromatic carbocycles. The highest BCUT2D eigenvalue weighted by Gasteiger charge is 2.34. The van der Waals surface area contributed by atoms with Crippen molar-refractivity contribution in [1.29, 1.82) is 0 Å². The molecule has 0 saturated heterocycles. The maximum absolute atomic E-state index is 12.9. The highest BCUT2D eigenvalue weighted by Crippen LogP contribution is 2.36. The number of aliphatic hydroxyl groups excluding tert-OH is 1. The van der Waals surface area contributed by atoms with Crippen molar-refractivity contribution < 1.29 is 18.3 Å². The van der Waals surface area contributed by atoms with Gasteiger partial charge >= 0.3 is 6.18 Å². The number of hydrogen-bond donors (Lipinski definition) is 1. The normalized spacial score (nSPS) is 13.3. The molecule has 0 saturated carbocycles. The third kappa shape index (κ3) is 2.97. The smallest absolute Gasteiger partial charge is 0.384 e. The van der Waals surface area contributed by atoms with Crippen molar-refractivity contribution in [1.82, 2.24) is 0 Å². The van der Waals surface area contributed by atoms with E-state index in [1.54, 1.807) is 19.1 Å². The van der Waals surface area contributed by atoms with Crippen LogP contribution in [0.15, 0.2) is 42.5 Å². The second-order valence-corrected chi connectivity index (χ2v) is 4.90. The number of aliphatic hydroxyl groups is 1. The Hall–Kier alpha value is -1.52. The zero-order chi connectivity index (χ0) is 14.9. The molecule has 5 heteroatoms. The standard InChI is InChI=1S/C15H12ClF3O/c1-9-8-10(6-7-13(9)16)14(20)11-4-2-3-5-12(11)15(17,18)19/h2-8,14,20H,1H3. The Kier molecular flexibility index (Phi) is 4.06. The average Bonchev–Trinajstić information content (AvgIpc) is 2.40. The summed E-state index contributed by atoms with van der Waals surface area (Å²) in [7, 11) is 0. The van der Waals surface area contributed by atoms with Crippen LogP contribution < -0.4 is 0 Å². The van der Waals surface area contributed by atoms with Gasteiger partial charge in [-0.15, -0.1) is 0 Å². The van der Waals surface area contributed by atoms with Crippen molar-refractivity contribution in [2.75, 3.05) is 0 Å². The van der Waals surface area contributed by atoms with E-state index in [1.165, 1.54) is 24.3 Å². The Labute approximate surface area is 119 Å². The summed E-state index contributed by atoms with van der Waals surface area (Å²) >= 11 is 5.87. The van der Waals surface area contributed by atoms with Crippen molar-refractivity contribution in [2.45, 2.75) is 19.2 Å². The summed E-state index contributed by atoms with van der Waals surface area (Å²) in [5, 5.41) is 10.7. The molecule has 0 heterocycles. The van der Waals surface area contributed by atoms with Crippen LogP contribution >= 0.6 is 11.6 Å². The fraction of sp³-hybridized carbons (Fsp3) is 0.200. The summed E-state index contributed by atoms with van der Waals surface area (Å²) in [6.45, 7) is 1.73. The molecule has 2 rings (SSSR count). The van der Waals surface area contributed by atoms with E-state index >= 15 is 0 Å². The quantitative estimate of drug-likeness (QED) is 0.848. The van der Waals surface area contributed by atoms with Crippen LogP contribution in [0.4, 0.5) is 13.2 Å². The molecule has 0 aliphatic carbocycles. The van der Waals surface area contributed by atoms with Gasteiger partial charge in [0.15, 0.2) is 0 Å². The Morgan fingerprint density at radius 2 is 1.75 bits per heavy atom. The number of benzene rings is 2. The van der Waals surface area contributed by atoms with Gasteiger partial charge in [-0.05, 0) is 35.7 Å². The van der Waals surface area contributed by atoms with Crippen molar-refractivity contribution in [3.8, 4) is 0 Å². The lowest BCUT2D eigenvalue weighted by Crippen LogP contribution is -2.12. The molecule has 0 aromatic heterocycles. The first kappa shape index (κ1) is 14.9. The summed E-state index contributed by atoms with van der Waals surface area (Å²) in [5.41, 5.74) is 0.0816. The van der Waals surface area contributed by atoms with Crippen LogP contribution in [0, 0.1) is 6.92 Å². The molecule has 0 aliphatic rings. The molecule has 0 spiro atoms. The van der Waals surface area contributed by atoms with Crippen LogP contribution in [0.2, 0.25) is 5.02 Å². The molecule has 1 atom stereocenters. The van der Waals surface area contributed by atoms with Gasteiger partial charge in [-0.25, -0.2) is 0 Å². The number of aryl methyl sites for hydroxylation is 1. The minimum atomic E-state index is -4.50. The van der Waals surface area contributed by atoms with Gasteiger partial charge in [0.25, 0.3) is 0 Å². The molecular weight excluding hydrogens is 289 g/mol. The number of hydrogen-bond acceptors (Lipinski definition) is 1. The summed E-state index contributed by atoms with van der Waals surface area (Å²) in [6.07, 6.45) is -5.84. The Bertz CT molecular complexity index is 623. The molecule has 0 radical (unpaired) electrons. The SMILES string of the molecule is Cc1cc(C(O)c2ccccc2C(F)(F)F)ccc1Cl. The molecule has 2 aromatic rings. The Morgan fingerprint density at radius 1 is 1.10 bits per heavy atom. The fourth-order valence-electron chi connectivity index (χ4n) is 2.01. The van der Waals surface area contributed by atoms with Gasteiger partial charge < -0.3 is 5.11 Å². The van der Waals surface area contributed by atoms with Gasteiger partial charge in [-0.3, -0.25) is 0 Å². The summed E-state index contributed by atoms with van der Waals surface area (Å²) in [4.78, 5) is 0. The van der Waals surface area contributed by atoms with Crippen molar-refractivity contribution in [3.05, 3.63) is 69.7 Å². The maximum Gasteiger partial charge on any atom is 0.416 e. The molecule has 20 heavy (non-hydrogen) atoms. The monoisotopic (exact) mass is 300 g/mol. The topological polar surface area (TPSA) is 20.2 Å². The molecule has 1 nitrogen and oxygen atoms in total. The van der Waals surface area contributed by atoms with Gasteiger partial charge in [0, 0.05) is 5.02 Å². The van der Waals surface area contributed by atoms with Crippen molar-refractivity contribution >= 4 is 11.6 Å². The lowest BCUT2D eigenvalue weighted by molar-refractivity contribution is -0.139. The van der Waals surface area contributed by atoms with Gasteiger partial charge in [0.2, 0.25) is 0 Å².